The first-order valence-corrected chi connectivity index (χ1v) is 11.2. The summed E-state index contributed by atoms with van der Waals surface area (Å²) >= 11 is 0. The van der Waals surface area contributed by atoms with Crippen molar-refractivity contribution in [2.75, 3.05) is 0 Å². The van der Waals surface area contributed by atoms with Crippen molar-refractivity contribution in [2.24, 2.45) is 0 Å². The van der Waals surface area contributed by atoms with Crippen molar-refractivity contribution < 1.29 is 14.0 Å². The van der Waals surface area contributed by atoms with Gasteiger partial charge < -0.3 is 10.2 Å². The monoisotopic (exact) mass is 424 g/mol. The summed E-state index contributed by atoms with van der Waals surface area (Å²) in [5, 5.41) is 3.11. The fraction of sp³-hybridized carbons (Fsp3) is 0.462. The predicted molar refractivity (Wildman–Crippen MR) is 121 cm³/mol. The van der Waals surface area contributed by atoms with Crippen LogP contribution in [0.25, 0.3) is 0 Å². The van der Waals surface area contributed by atoms with Gasteiger partial charge in [0.1, 0.15) is 11.9 Å². The fourth-order valence-electron chi connectivity index (χ4n) is 4.15. The molecule has 2 aromatic carbocycles. The van der Waals surface area contributed by atoms with E-state index >= 15 is 0 Å². The normalized spacial score (nSPS) is 15.4. The minimum Gasteiger partial charge on any atom is -0.352 e. The molecule has 1 atom stereocenters. The molecular weight excluding hydrogens is 391 g/mol. The minimum atomic E-state index is -0.680. The Kier molecular flexibility index (Phi) is 7.83. The second kappa shape index (κ2) is 10.6. The fourth-order valence-corrected chi connectivity index (χ4v) is 4.15. The Bertz CT molecular complexity index is 921. The van der Waals surface area contributed by atoms with Crippen molar-refractivity contribution in [3.63, 3.8) is 0 Å². The number of hydrogen-bond acceptors (Lipinski definition) is 2. The maximum Gasteiger partial charge on any atom is 0.242 e. The Balaban J connectivity index is 1.78. The summed E-state index contributed by atoms with van der Waals surface area (Å²) in [6.07, 6.45) is 5.56. The Morgan fingerprint density at radius 1 is 1.06 bits per heavy atom. The van der Waals surface area contributed by atoms with Gasteiger partial charge in [0.15, 0.2) is 0 Å². The van der Waals surface area contributed by atoms with Crippen LogP contribution in [0.4, 0.5) is 4.39 Å². The van der Waals surface area contributed by atoms with E-state index in [9.17, 15) is 14.0 Å². The zero-order valence-corrected chi connectivity index (χ0v) is 18.8. The van der Waals surface area contributed by atoms with Crippen molar-refractivity contribution in [3.05, 3.63) is 70.5 Å². The van der Waals surface area contributed by atoms with Crippen LogP contribution < -0.4 is 5.32 Å². The number of hydrogen-bond donors (Lipinski definition) is 1. The van der Waals surface area contributed by atoms with E-state index in [0.717, 1.165) is 36.8 Å². The van der Waals surface area contributed by atoms with Gasteiger partial charge in [-0.05, 0) is 56.4 Å². The largest absolute Gasteiger partial charge is 0.352 e. The number of nitrogens with one attached hydrogen (secondary N) is 1. The zero-order chi connectivity index (χ0) is 22.4. The molecule has 1 fully saturated rings. The van der Waals surface area contributed by atoms with Crippen LogP contribution in [0.15, 0.2) is 42.5 Å². The Morgan fingerprint density at radius 3 is 2.45 bits per heavy atom. The van der Waals surface area contributed by atoms with Crippen LogP contribution in [0.5, 0.6) is 0 Å². The average Bonchev–Trinajstić information content (AvgIpc) is 2.76. The van der Waals surface area contributed by atoms with Crippen molar-refractivity contribution in [3.8, 4) is 0 Å². The molecule has 1 aliphatic carbocycles. The number of carbonyl (C=O) groups excluding carboxylic acids is 2. The molecule has 2 aromatic rings. The van der Waals surface area contributed by atoms with E-state index in [0.29, 0.717) is 5.56 Å². The molecule has 166 valence electrons. The second-order valence-electron chi connectivity index (χ2n) is 8.73. The molecule has 0 unspecified atom stereocenters. The summed E-state index contributed by atoms with van der Waals surface area (Å²) in [5.41, 5.74) is 3.59. The molecule has 5 heteroatoms. The molecule has 1 aliphatic rings. The first-order valence-electron chi connectivity index (χ1n) is 11.2. The van der Waals surface area contributed by atoms with Gasteiger partial charge in [-0.2, -0.15) is 0 Å². The Morgan fingerprint density at radius 2 is 1.77 bits per heavy atom. The third-order valence-corrected chi connectivity index (χ3v) is 6.34. The number of nitrogens with zero attached hydrogens (tertiary/aromatic N) is 1. The summed E-state index contributed by atoms with van der Waals surface area (Å²) < 4.78 is 14.3. The molecular formula is C26H33FN2O2. The molecule has 0 saturated heterocycles. The highest BCUT2D eigenvalue weighted by atomic mass is 19.1. The molecule has 1 N–H and O–H groups in total. The van der Waals surface area contributed by atoms with Crippen LogP contribution in [0.1, 0.15) is 61.3 Å². The zero-order valence-electron chi connectivity index (χ0n) is 18.8. The van der Waals surface area contributed by atoms with E-state index < -0.39 is 6.04 Å². The maximum absolute atomic E-state index is 14.3. The van der Waals surface area contributed by atoms with Gasteiger partial charge in [0, 0.05) is 18.2 Å². The van der Waals surface area contributed by atoms with Crippen molar-refractivity contribution in [1.82, 2.24) is 10.2 Å². The standard InChI is InChI=1S/C26H33FN2O2/c1-18-13-14-21(15-19(18)2)16-25(30)29(17-22-9-7-8-12-24(22)27)20(3)26(31)28-23-10-5-4-6-11-23/h7-9,12-15,20,23H,4-6,10-11,16-17H2,1-3H3,(H,28,31)/t20-/m1/s1. The van der Waals surface area contributed by atoms with E-state index in [2.05, 4.69) is 5.32 Å². The van der Waals surface area contributed by atoms with Crippen LogP contribution >= 0.6 is 0 Å². The van der Waals surface area contributed by atoms with Crippen LogP contribution in [0.3, 0.4) is 0 Å². The Labute approximate surface area is 184 Å². The van der Waals surface area contributed by atoms with Crippen LogP contribution in [-0.4, -0.2) is 28.8 Å². The van der Waals surface area contributed by atoms with Gasteiger partial charge in [0.25, 0.3) is 0 Å². The van der Waals surface area contributed by atoms with Gasteiger partial charge in [0.05, 0.1) is 6.42 Å². The number of rotatable bonds is 7. The quantitative estimate of drug-likeness (QED) is 0.691. The van der Waals surface area contributed by atoms with Gasteiger partial charge in [-0.3, -0.25) is 9.59 Å². The van der Waals surface area contributed by atoms with Crippen LogP contribution in [-0.2, 0) is 22.6 Å². The van der Waals surface area contributed by atoms with Crippen LogP contribution in [0.2, 0.25) is 0 Å². The summed E-state index contributed by atoms with van der Waals surface area (Å²) in [4.78, 5) is 27.8. The molecule has 1 saturated carbocycles. The lowest BCUT2D eigenvalue weighted by Gasteiger charge is -2.31. The average molecular weight is 425 g/mol. The van der Waals surface area contributed by atoms with Crippen LogP contribution in [0, 0.1) is 19.7 Å². The van der Waals surface area contributed by atoms with E-state index in [1.54, 1.807) is 25.1 Å². The van der Waals surface area contributed by atoms with Crippen molar-refractivity contribution in [1.29, 1.82) is 0 Å². The first kappa shape index (κ1) is 23.0. The summed E-state index contributed by atoms with van der Waals surface area (Å²) in [7, 11) is 0. The van der Waals surface area contributed by atoms with Crippen molar-refractivity contribution in [2.45, 2.75) is 77.9 Å². The lowest BCUT2D eigenvalue weighted by molar-refractivity contribution is -0.140. The lowest BCUT2D eigenvalue weighted by Crippen LogP contribution is -2.50. The first-order chi connectivity index (χ1) is 14.8. The van der Waals surface area contributed by atoms with E-state index in [1.165, 1.54) is 23.0 Å². The summed E-state index contributed by atoms with van der Waals surface area (Å²) in [6.45, 7) is 5.84. The molecule has 0 bridgehead atoms. The molecule has 0 heterocycles. The third kappa shape index (κ3) is 6.16. The predicted octanol–water partition coefficient (Wildman–Crippen LogP) is 4.85. The molecule has 31 heavy (non-hydrogen) atoms. The molecule has 0 radical (unpaired) electrons. The molecule has 0 aromatic heterocycles. The van der Waals surface area contributed by atoms with Gasteiger partial charge in [-0.15, -0.1) is 0 Å². The summed E-state index contributed by atoms with van der Waals surface area (Å²) in [5.74, 6) is -0.721. The van der Waals surface area contributed by atoms with E-state index in [4.69, 9.17) is 0 Å². The Hall–Kier alpha value is -2.69. The highest BCUT2D eigenvalue weighted by Gasteiger charge is 2.28. The SMILES string of the molecule is Cc1ccc(CC(=O)N(Cc2ccccc2F)[C@H](C)C(=O)NC2CCCCC2)cc1C. The molecule has 4 nitrogen and oxygen atoms in total. The minimum absolute atomic E-state index is 0.0651. The van der Waals surface area contributed by atoms with Gasteiger partial charge in [-0.25, -0.2) is 4.39 Å². The van der Waals surface area contributed by atoms with Gasteiger partial charge >= 0.3 is 0 Å². The third-order valence-electron chi connectivity index (χ3n) is 6.34. The second-order valence-corrected chi connectivity index (χ2v) is 8.73. The highest BCUT2D eigenvalue weighted by molar-refractivity contribution is 5.88. The number of halogens is 1. The molecule has 2 amide bonds. The highest BCUT2D eigenvalue weighted by Crippen LogP contribution is 2.19. The maximum atomic E-state index is 14.3. The van der Waals surface area contributed by atoms with E-state index in [-0.39, 0.29) is 36.6 Å². The van der Waals surface area contributed by atoms with Gasteiger partial charge in [-0.1, -0.05) is 55.7 Å². The number of aryl methyl sites for hydroxylation is 2. The molecule has 3 rings (SSSR count). The number of carbonyl (C=O) groups is 2. The van der Waals surface area contributed by atoms with Gasteiger partial charge in [0.2, 0.25) is 11.8 Å². The topological polar surface area (TPSA) is 49.4 Å². The lowest BCUT2D eigenvalue weighted by atomic mass is 9.95. The van der Waals surface area contributed by atoms with E-state index in [1.807, 2.05) is 32.0 Å². The molecule has 0 spiro atoms. The number of amides is 2. The smallest absolute Gasteiger partial charge is 0.242 e. The molecule has 0 aliphatic heterocycles. The number of benzene rings is 2. The summed E-state index contributed by atoms with van der Waals surface area (Å²) in [6, 6.07) is 11.8. The van der Waals surface area contributed by atoms with Crippen molar-refractivity contribution >= 4 is 11.8 Å².